The molecule has 0 aromatic heterocycles. The third kappa shape index (κ3) is 2.29. The van der Waals surface area contributed by atoms with Crippen molar-refractivity contribution in [3.63, 3.8) is 0 Å². The van der Waals surface area contributed by atoms with Gasteiger partial charge in [0.25, 0.3) is 0 Å². The highest BCUT2D eigenvalue weighted by Crippen LogP contribution is 2.33. The van der Waals surface area contributed by atoms with E-state index in [0.717, 1.165) is 39.9 Å². The Hall–Kier alpha value is -2.29. The average molecular weight is 280 g/mol. The van der Waals surface area contributed by atoms with Crippen molar-refractivity contribution in [1.29, 1.82) is 0 Å². The Balaban J connectivity index is 2.40. The molecular weight excluding hydrogens is 260 g/mol. The first-order valence-electron chi connectivity index (χ1n) is 7.30. The van der Waals surface area contributed by atoms with E-state index in [1.54, 1.807) is 0 Å². The SMILES string of the molecule is CCN=c1cc2oc3cc(NC)ccc3c(C)c-2cc1C. The van der Waals surface area contributed by atoms with Crippen molar-refractivity contribution < 1.29 is 4.42 Å². The van der Waals surface area contributed by atoms with Crippen LogP contribution < -0.4 is 10.7 Å². The van der Waals surface area contributed by atoms with E-state index in [1.165, 1.54) is 11.1 Å². The van der Waals surface area contributed by atoms with Crippen LogP contribution in [0.5, 0.6) is 0 Å². The third-order valence-electron chi connectivity index (χ3n) is 3.92. The normalized spacial score (nSPS) is 12.3. The monoisotopic (exact) mass is 280 g/mol. The van der Waals surface area contributed by atoms with Gasteiger partial charge in [-0.25, -0.2) is 0 Å². The lowest BCUT2D eigenvalue weighted by Crippen LogP contribution is -2.08. The number of hydrogen-bond donors (Lipinski definition) is 1. The summed E-state index contributed by atoms with van der Waals surface area (Å²) < 4.78 is 6.11. The number of rotatable bonds is 2. The topological polar surface area (TPSA) is 37.5 Å². The molecule has 1 N–H and O–H groups in total. The van der Waals surface area contributed by atoms with Crippen molar-refractivity contribution in [3.8, 4) is 11.3 Å². The first kappa shape index (κ1) is 13.7. The van der Waals surface area contributed by atoms with Gasteiger partial charge in [-0.2, -0.15) is 0 Å². The second kappa shape index (κ2) is 5.24. The van der Waals surface area contributed by atoms with Crippen LogP contribution >= 0.6 is 0 Å². The zero-order valence-electron chi connectivity index (χ0n) is 12.9. The molecule has 2 aliphatic rings. The molecule has 0 saturated carbocycles. The fourth-order valence-electron chi connectivity index (χ4n) is 2.73. The van der Waals surface area contributed by atoms with Gasteiger partial charge >= 0.3 is 0 Å². The Kier molecular flexibility index (Phi) is 3.42. The second-order valence-electron chi connectivity index (χ2n) is 5.30. The van der Waals surface area contributed by atoms with Gasteiger partial charge in [-0.3, -0.25) is 4.99 Å². The van der Waals surface area contributed by atoms with Crippen molar-refractivity contribution in [1.82, 2.24) is 0 Å². The molecule has 3 rings (SSSR count). The summed E-state index contributed by atoms with van der Waals surface area (Å²) in [6, 6.07) is 10.4. The predicted octanol–water partition coefficient (Wildman–Crippen LogP) is 4.12. The standard InChI is InChI=1S/C18H20N2O/c1-5-20-16-10-18-15(8-11(16)2)12(3)14-7-6-13(19-4)9-17(14)21-18/h6-10,19H,5H2,1-4H3. The maximum absolute atomic E-state index is 6.11. The lowest BCUT2D eigenvalue weighted by Gasteiger charge is -2.13. The molecule has 0 radical (unpaired) electrons. The van der Waals surface area contributed by atoms with Crippen LogP contribution in [0.1, 0.15) is 18.1 Å². The van der Waals surface area contributed by atoms with Crippen LogP contribution in [-0.2, 0) is 0 Å². The summed E-state index contributed by atoms with van der Waals surface area (Å²) in [5.74, 6) is 0.894. The molecule has 1 aliphatic heterocycles. The van der Waals surface area contributed by atoms with E-state index in [4.69, 9.17) is 4.42 Å². The Morgan fingerprint density at radius 3 is 2.67 bits per heavy atom. The van der Waals surface area contributed by atoms with Gasteiger partial charge in [-0.05, 0) is 50.1 Å². The predicted molar refractivity (Wildman–Crippen MR) is 88.0 cm³/mol. The van der Waals surface area contributed by atoms with E-state index in [1.807, 2.05) is 26.1 Å². The van der Waals surface area contributed by atoms with Crippen molar-refractivity contribution in [3.05, 3.63) is 46.8 Å². The molecule has 3 heteroatoms. The highest BCUT2D eigenvalue weighted by Gasteiger charge is 2.13. The van der Waals surface area contributed by atoms with Crippen LogP contribution in [0.4, 0.5) is 5.69 Å². The Morgan fingerprint density at radius 2 is 1.95 bits per heavy atom. The van der Waals surface area contributed by atoms with Gasteiger partial charge in [0.05, 0.1) is 5.36 Å². The van der Waals surface area contributed by atoms with Gasteiger partial charge in [0.1, 0.15) is 11.3 Å². The fourth-order valence-corrected chi connectivity index (χ4v) is 2.73. The summed E-state index contributed by atoms with van der Waals surface area (Å²) in [5.41, 5.74) is 5.55. The number of aryl methyl sites for hydroxylation is 2. The first-order valence-corrected chi connectivity index (χ1v) is 7.30. The molecule has 21 heavy (non-hydrogen) atoms. The van der Waals surface area contributed by atoms with E-state index in [9.17, 15) is 0 Å². The highest BCUT2D eigenvalue weighted by molar-refractivity contribution is 5.89. The van der Waals surface area contributed by atoms with E-state index < -0.39 is 0 Å². The zero-order chi connectivity index (χ0) is 15.0. The number of nitrogens with one attached hydrogen (secondary N) is 1. The van der Waals surface area contributed by atoms with Gasteiger partial charge in [0, 0.05) is 42.4 Å². The smallest absolute Gasteiger partial charge is 0.137 e. The minimum Gasteiger partial charge on any atom is -0.456 e. The third-order valence-corrected chi connectivity index (χ3v) is 3.92. The maximum Gasteiger partial charge on any atom is 0.137 e. The Labute approximate surface area is 124 Å². The van der Waals surface area contributed by atoms with E-state index in [0.29, 0.717) is 0 Å². The van der Waals surface area contributed by atoms with Crippen LogP contribution in [0.3, 0.4) is 0 Å². The molecule has 0 saturated heterocycles. The number of hydrogen-bond acceptors (Lipinski definition) is 3. The summed E-state index contributed by atoms with van der Waals surface area (Å²) in [4.78, 5) is 4.53. The van der Waals surface area contributed by atoms with Gasteiger partial charge in [-0.15, -0.1) is 0 Å². The molecule has 1 heterocycles. The number of nitrogens with zero attached hydrogens (tertiary/aromatic N) is 1. The number of fused-ring (bicyclic) bond motifs is 2. The van der Waals surface area contributed by atoms with Crippen LogP contribution in [-0.4, -0.2) is 13.6 Å². The van der Waals surface area contributed by atoms with Crippen LogP contribution in [0, 0.1) is 13.8 Å². The second-order valence-corrected chi connectivity index (χ2v) is 5.30. The van der Waals surface area contributed by atoms with Crippen molar-refractivity contribution in [2.45, 2.75) is 20.8 Å². The molecule has 0 bridgehead atoms. The van der Waals surface area contributed by atoms with Gasteiger partial charge in [-0.1, -0.05) is 0 Å². The number of anilines is 1. The van der Waals surface area contributed by atoms with Crippen molar-refractivity contribution in [2.24, 2.45) is 4.99 Å². The largest absolute Gasteiger partial charge is 0.456 e. The Bertz CT molecular complexity index is 846. The molecule has 0 atom stereocenters. The minimum absolute atomic E-state index is 0.781. The first-order chi connectivity index (χ1) is 10.1. The molecule has 0 fully saturated rings. The van der Waals surface area contributed by atoms with E-state index in [-0.39, 0.29) is 0 Å². The van der Waals surface area contributed by atoms with Crippen LogP contribution in [0.25, 0.3) is 22.3 Å². The van der Waals surface area contributed by atoms with Crippen LogP contribution in [0.15, 0.2) is 39.7 Å². The quantitative estimate of drug-likeness (QED) is 0.717. The molecule has 1 aliphatic carbocycles. The summed E-state index contributed by atoms with van der Waals surface area (Å²) >= 11 is 0. The summed E-state index contributed by atoms with van der Waals surface area (Å²) in [6.45, 7) is 7.07. The molecule has 108 valence electrons. The van der Waals surface area contributed by atoms with Crippen molar-refractivity contribution in [2.75, 3.05) is 18.9 Å². The maximum atomic E-state index is 6.11. The molecular formula is C18H20N2O. The zero-order valence-corrected chi connectivity index (χ0v) is 12.9. The molecule has 3 nitrogen and oxygen atoms in total. The number of benzene rings is 2. The van der Waals surface area contributed by atoms with Gasteiger partial charge in [0.15, 0.2) is 0 Å². The lowest BCUT2D eigenvalue weighted by atomic mass is 9.98. The average Bonchev–Trinajstić information content (AvgIpc) is 2.49. The molecule has 0 spiro atoms. The fraction of sp³-hybridized carbons (Fsp3) is 0.278. The van der Waals surface area contributed by atoms with E-state index in [2.05, 4.69) is 42.4 Å². The van der Waals surface area contributed by atoms with E-state index >= 15 is 0 Å². The molecule has 1 aromatic carbocycles. The summed E-state index contributed by atoms with van der Waals surface area (Å²) in [7, 11) is 1.91. The van der Waals surface area contributed by atoms with Gasteiger partial charge in [0.2, 0.25) is 0 Å². The molecule has 1 aromatic rings. The van der Waals surface area contributed by atoms with Gasteiger partial charge < -0.3 is 9.73 Å². The highest BCUT2D eigenvalue weighted by atomic mass is 16.3. The van der Waals surface area contributed by atoms with Crippen molar-refractivity contribution >= 4 is 16.7 Å². The summed E-state index contributed by atoms with van der Waals surface area (Å²) in [5, 5.41) is 5.31. The molecule has 0 unspecified atom stereocenters. The molecule has 0 amide bonds. The Morgan fingerprint density at radius 1 is 1.14 bits per heavy atom. The minimum atomic E-state index is 0.781. The summed E-state index contributed by atoms with van der Waals surface area (Å²) in [6.07, 6.45) is 0. The lowest BCUT2D eigenvalue weighted by molar-refractivity contribution is 0.617. The van der Waals surface area contributed by atoms with Crippen LogP contribution in [0.2, 0.25) is 0 Å².